The SMILES string of the molecule is CC(C)Cn1ncnc1CC(N)C(C)(C)c1ccccc1. The number of nitrogens with two attached hydrogens (primary N) is 1. The van der Waals surface area contributed by atoms with E-state index in [1.165, 1.54) is 5.56 Å². The first-order chi connectivity index (χ1) is 9.91. The van der Waals surface area contributed by atoms with Crippen LogP contribution in [0.4, 0.5) is 0 Å². The molecule has 2 aromatic rings. The van der Waals surface area contributed by atoms with Gasteiger partial charge in [-0.15, -0.1) is 0 Å². The second kappa shape index (κ2) is 6.39. The van der Waals surface area contributed by atoms with Crippen molar-refractivity contribution in [1.29, 1.82) is 0 Å². The first-order valence-corrected chi connectivity index (χ1v) is 7.59. The zero-order valence-electron chi connectivity index (χ0n) is 13.5. The number of benzene rings is 1. The van der Waals surface area contributed by atoms with E-state index in [4.69, 9.17) is 5.73 Å². The molecule has 1 aromatic heterocycles. The Bertz CT molecular complexity index is 557. The van der Waals surface area contributed by atoms with Gasteiger partial charge in [-0.25, -0.2) is 9.67 Å². The largest absolute Gasteiger partial charge is 0.327 e. The maximum Gasteiger partial charge on any atom is 0.138 e. The van der Waals surface area contributed by atoms with Gasteiger partial charge in [0.2, 0.25) is 0 Å². The predicted molar refractivity (Wildman–Crippen MR) is 86.0 cm³/mol. The molecule has 0 radical (unpaired) electrons. The molecule has 4 heteroatoms. The molecule has 1 aromatic carbocycles. The van der Waals surface area contributed by atoms with Crippen LogP contribution in [0.25, 0.3) is 0 Å². The lowest BCUT2D eigenvalue weighted by Gasteiger charge is -2.32. The molecule has 2 N–H and O–H groups in total. The van der Waals surface area contributed by atoms with E-state index in [-0.39, 0.29) is 11.5 Å². The van der Waals surface area contributed by atoms with Gasteiger partial charge >= 0.3 is 0 Å². The first kappa shape index (κ1) is 15.7. The van der Waals surface area contributed by atoms with Crippen LogP contribution < -0.4 is 5.73 Å². The summed E-state index contributed by atoms with van der Waals surface area (Å²) in [6.07, 6.45) is 2.36. The minimum Gasteiger partial charge on any atom is -0.327 e. The molecule has 4 nitrogen and oxygen atoms in total. The smallest absolute Gasteiger partial charge is 0.138 e. The molecule has 1 atom stereocenters. The summed E-state index contributed by atoms with van der Waals surface area (Å²) in [6, 6.07) is 10.4. The van der Waals surface area contributed by atoms with Crippen molar-refractivity contribution in [2.75, 3.05) is 0 Å². The van der Waals surface area contributed by atoms with Crippen molar-refractivity contribution >= 4 is 0 Å². The number of hydrogen-bond acceptors (Lipinski definition) is 3. The summed E-state index contributed by atoms with van der Waals surface area (Å²) >= 11 is 0. The molecule has 21 heavy (non-hydrogen) atoms. The van der Waals surface area contributed by atoms with E-state index in [9.17, 15) is 0 Å². The summed E-state index contributed by atoms with van der Waals surface area (Å²) < 4.78 is 1.98. The van der Waals surface area contributed by atoms with E-state index < -0.39 is 0 Å². The van der Waals surface area contributed by atoms with Crippen molar-refractivity contribution in [3.63, 3.8) is 0 Å². The Hall–Kier alpha value is -1.68. The van der Waals surface area contributed by atoms with E-state index in [0.29, 0.717) is 5.92 Å². The Morgan fingerprint density at radius 3 is 2.48 bits per heavy atom. The highest BCUT2D eigenvalue weighted by Gasteiger charge is 2.29. The van der Waals surface area contributed by atoms with Gasteiger partial charge in [-0.1, -0.05) is 58.0 Å². The molecule has 114 valence electrons. The summed E-state index contributed by atoms with van der Waals surface area (Å²) in [5.74, 6) is 1.52. The average Bonchev–Trinajstić information content (AvgIpc) is 2.86. The summed E-state index contributed by atoms with van der Waals surface area (Å²) in [6.45, 7) is 9.62. The Morgan fingerprint density at radius 2 is 1.86 bits per heavy atom. The Kier molecular flexibility index (Phi) is 4.78. The van der Waals surface area contributed by atoms with Crippen LogP contribution in [-0.2, 0) is 18.4 Å². The second-order valence-electron chi connectivity index (χ2n) is 6.65. The average molecular weight is 286 g/mol. The number of nitrogens with zero attached hydrogens (tertiary/aromatic N) is 3. The number of hydrogen-bond donors (Lipinski definition) is 1. The third-order valence-electron chi connectivity index (χ3n) is 4.08. The van der Waals surface area contributed by atoms with Gasteiger partial charge < -0.3 is 5.73 Å². The third kappa shape index (κ3) is 3.70. The molecule has 0 fully saturated rings. The minimum absolute atomic E-state index is 0.00462. The lowest BCUT2D eigenvalue weighted by Crippen LogP contribution is -2.43. The van der Waals surface area contributed by atoms with E-state index in [1.807, 2.05) is 10.7 Å². The van der Waals surface area contributed by atoms with Gasteiger partial charge in [-0.3, -0.25) is 0 Å². The summed E-state index contributed by atoms with van der Waals surface area (Å²) in [5, 5.41) is 4.31. The van der Waals surface area contributed by atoms with Gasteiger partial charge in [-0.05, 0) is 11.5 Å². The van der Waals surface area contributed by atoms with Gasteiger partial charge in [0.25, 0.3) is 0 Å². The van der Waals surface area contributed by atoms with Crippen molar-refractivity contribution in [3.05, 3.63) is 48.0 Å². The molecular formula is C17H26N4. The molecule has 2 rings (SSSR count). The Labute approximate surface area is 127 Å². The van der Waals surface area contributed by atoms with Crippen LogP contribution in [-0.4, -0.2) is 20.8 Å². The third-order valence-corrected chi connectivity index (χ3v) is 4.08. The van der Waals surface area contributed by atoms with Gasteiger partial charge in [0.05, 0.1) is 0 Å². The van der Waals surface area contributed by atoms with Gasteiger partial charge in [0.1, 0.15) is 12.2 Å². The highest BCUT2D eigenvalue weighted by Crippen LogP contribution is 2.27. The van der Waals surface area contributed by atoms with Gasteiger partial charge in [0.15, 0.2) is 0 Å². The summed E-state index contributed by atoms with van der Waals surface area (Å²) in [4.78, 5) is 4.39. The second-order valence-corrected chi connectivity index (χ2v) is 6.65. The molecule has 0 saturated heterocycles. The van der Waals surface area contributed by atoms with Crippen LogP contribution in [0.2, 0.25) is 0 Å². The molecule has 0 spiro atoms. The minimum atomic E-state index is -0.101. The van der Waals surface area contributed by atoms with Crippen molar-refractivity contribution in [2.45, 2.75) is 52.1 Å². The monoisotopic (exact) mass is 286 g/mol. The van der Waals surface area contributed by atoms with Crippen LogP contribution in [0.3, 0.4) is 0 Å². The highest BCUT2D eigenvalue weighted by molar-refractivity contribution is 5.26. The maximum absolute atomic E-state index is 6.49. The molecule has 1 heterocycles. The van der Waals surface area contributed by atoms with E-state index in [2.05, 4.69) is 62.0 Å². The molecule has 0 aliphatic carbocycles. The lowest BCUT2D eigenvalue weighted by molar-refractivity contribution is 0.385. The molecular weight excluding hydrogens is 260 g/mol. The summed E-state index contributed by atoms with van der Waals surface area (Å²) in [7, 11) is 0. The topological polar surface area (TPSA) is 56.7 Å². The zero-order chi connectivity index (χ0) is 15.5. The van der Waals surface area contributed by atoms with Crippen molar-refractivity contribution in [2.24, 2.45) is 11.7 Å². The molecule has 0 bridgehead atoms. The van der Waals surface area contributed by atoms with Crippen LogP contribution in [0.15, 0.2) is 36.7 Å². The van der Waals surface area contributed by atoms with Gasteiger partial charge in [0, 0.05) is 24.4 Å². The Balaban J connectivity index is 2.14. The van der Waals surface area contributed by atoms with Crippen molar-refractivity contribution in [1.82, 2.24) is 14.8 Å². The van der Waals surface area contributed by atoms with Gasteiger partial charge in [-0.2, -0.15) is 5.10 Å². The lowest BCUT2D eigenvalue weighted by atomic mass is 9.77. The standard InChI is InChI=1S/C17H26N4/c1-13(2)11-21-16(19-12-20-21)10-15(18)17(3,4)14-8-6-5-7-9-14/h5-9,12-13,15H,10-11,18H2,1-4H3. The van der Waals surface area contributed by atoms with Crippen LogP contribution in [0, 0.1) is 5.92 Å². The predicted octanol–water partition coefficient (Wildman–Crippen LogP) is 2.78. The number of aromatic nitrogens is 3. The van der Waals surface area contributed by atoms with E-state index >= 15 is 0 Å². The molecule has 0 saturated carbocycles. The molecule has 0 amide bonds. The fourth-order valence-corrected chi connectivity index (χ4v) is 2.48. The fourth-order valence-electron chi connectivity index (χ4n) is 2.48. The quantitative estimate of drug-likeness (QED) is 0.888. The molecule has 0 aliphatic rings. The highest BCUT2D eigenvalue weighted by atomic mass is 15.3. The fraction of sp³-hybridized carbons (Fsp3) is 0.529. The molecule has 1 unspecified atom stereocenters. The van der Waals surface area contributed by atoms with E-state index in [1.54, 1.807) is 6.33 Å². The van der Waals surface area contributed by atoms with Crippen LogP contribution in [0.5, 0.6) is 0 Å². The van der Waals surface area contributed by atoms with Crippen molar-refractivity contribution < 1.29 is 0 Å². The van der Waals surface area contributed by atoms with Crippen molar-refractivity contribution in [3.8, 4) is 0 Å². The summed E-state index contributed by atoms with van der Waals surface area (Å²) in [5.41, 5.74) is 7.65. The van der Waals surface area contributed by atoms with Crippen LogP contribution in [0.1, 0.15) is 39.1 Å². The zero-order valence-corrected chi connectivity index (χ0v) is 13.5. The normalized spacial score (nSPS) is 13.6. The first-order valence-electron chi connectivity index (χ1n) is 7.59. The van der Waals surface area contributed by atoms with Crippen LogP contribution >= 0.6 is 0 Å². The molecule has 0 aliphatic heterocycles. The number of rotatable bonds is 6. The van der Waals surface area contributed by atoms with E-state index in [0.717, 1.165) is 18.8 Å². The maximum atomic E-state index is 6.49. The Morgan fingerprint density at radius 1 is 1.19 bits per heavy atom.